The molecule has 0 spiro atoms. The van der Waals surface area contributed by atoms with Crippen molar-refractivity contribution in [1.29, 1.82) is 0 Å². The van der Waals surface area contributed by atoms with Crippen LogP contribution in [0, 0.1) is 0 Å². The minimum atomic E-state index is -5.99. The summed E-state index contributed by atoms with van der Waals surface area (Å²) in [5.41, 5.74) is -6.29. The largest absolute Gasteiger partial charge is 0.493 e. The van der Waals surface area contributed by atoms with Gasteiger partial charge >= 0.3 is 18.4 Å². The molecular weight excluding hydrogens is 658 g/mol. The first kappa shape index (κ1) is 38.4. The Bertz CT molecular complexity index is 1400. The van der Waals surface area contributed by atoms with Gasteiger partial charge in [-0.1, -0.05) is 58.4 Å². The van der Waals surface area contributed by atoms with Crippen molar-refractivity contribution < 1.29 is 55.2 Å². The minimum absolute atomic E-state index is 0.0173. The van der Waals surface area contributed by atoms with Crippen LogP contribution in [0.15, 0.2) is 30.3 Å². The van der Waals surface area contributed by atoms with Gasteiger partial charge in [0, 0.05) is 17.7 Å². The second kappa shape index (κ2) is 16.1. The summed E-state index contributed by atoms with van der Waals surface area (Å²) in [5, 5.41) is 13.1. The van der Waals surface area contributed by atoms with Gasteiger partial charge in [0.2, 0.25) is 6.79 Å². The first-order valence-corrected chi connectivity index (χ1v) is 16.9. The normalized spacial score (nSPS) is 18.2. The highest BCUT2D eigenvalue weighted by atomic mass is 19.4. The topological polar surface area (TPSA) is 89.5 Å². The zero-order valence-corrected chi connectivity index (χ0v) is 28.2. The maximum atomic E-state index is 13.9. The summed E-state index contributed by atoms with van der Waals surface area (Å²) < 4.78 is 106. The van der Waals surface area contributed by atoms with Gasteiger partial charge in [-0.05, 0) is 74.4 Å². The number of urea groups is 1. The third-order valence-corrected chi connectivity index (χ3v) is 8.93. The van der Waals surface area contributed by atoms with Gasteiger partial charge in [-0.3, -0.25) is 0 Å². The monoisotopic (exact) mass is 704 g/mol. The number of hydrogen-bond acceptors (Lipinski definition) is 6. The first-order valence-electron chi connectivity index (χ1n) is 16.9. The number of unbranched alkanes of at least 4 members (excludes halogenated alkanes) is 6. The Hall–Kier alpha value is -3.39. The number of fused-ring (bicyclic) bond motifs is 1. The van der Waals surface area contributed by atoms with E-state index < -0.39 is 29.2 Å². The third kappa shape index (κ3) is 8.86. The Morgan fingerprint density at radius 2 is 1.51 bits per heavy atom. The second-order valence-electron chi connectivity index (χ2n) is 12.7. The SMILES string of the molecule is CCCCCCCCc1cc(C(O)(C(F)(F)F)C(F)(F)F)cc(CCC)c1OCCCCN1COC(C)(c2ccc3c(c2)OCO3)NC1=O. The number of amides is 2. The number of ether oxygens (including phenoxy) is 4. The van der Waals surface area contributed by atoms with E-state index in [1.807, 2.05) is 0 Å². The fourth-order valence-electron chi connectivity index (χ4n) is 6.05. The van der Waals surface area contributed by atoms with E-state index in [9.17, 15) is 36.2 Å². The lowest BCUT2D eigenvalue weighted by atomic mass is 9.87. The second-order valence-corrected chi connectivity index (χ2v) is 12.7. The number of carbonyl (C=O) groups excluding carboxylic acids is 1. The van der Waals surface area contributed by atoms with Crippen molar-refractivity contribution >= 4 is 6.03 Å². The van der Waals surface area contributed by atoms with E-state index >= 15 is 0 Å². The maximum Gasteiger partial charge on any atom is 0.430 e. The number of alkyl halides is 6. The molecule has 0 saturated carbocycles. The summed E-state index contributed by atoms with van der Waals surface area (Å²) in [4.78, 5) is 14.5. The smallest absolute Gasteiger partial charge is 0.430 e. The van der Waals surface area contributed by atoms with Crippen LogP contribution in [0.2, 0.25) is 0 Å². The van der Waals surface area contributed by atoms with E-state index in [0.29, 0.717) is 49.3 Å². The summed E-state index contributed by atoms with van der Waals surface area (Å²) in [6.07, 6.45) is -4.99. The molecule has 0 bridgehead atoms. The van der Waals surface area contributed by atoms with Crippen LogP contribution in [0.25, 0.3) is 0 Å². The Labute approximate surface area is 283 Å². The predicted octanol–water partition coefficient (Wildman–Crippen LogP) is 8.61. The van der Waals surface area contributed by atoms with Crippen molar-refractivity contribution in [2.45, 2.75) is 115 Å². The number of nitrogens with one attached hydrogen (secondary N) is 1. The van der Waals surface area contributed by atoms with E-state index in [1.165, 1.54) is 4.90 Å². The molecule has 14 heteroatoms. The molecule has 0 aromatic heterocycles. The van der Waals surface area contributed by atoms with Crippen molar-refractivity contribution in [2.75, 3.05) is 26.7 Å². The average molecular weight is 705 g/mol. The minimum Gasteiger partial charge on any atom is -0.493 e. The van der Waals surface area contributed by atoms with Gasteiger partial charge in [-0.25, -0.2) is 4.79 Å². The molecule has 4 rings (SSSR count). The number of nitrogens with zero attached hydrogens (tertiary/aromatic N) is 1. The van der Waals surface area contributed by atoms with Crippen LogP contribution in [0.5, 0.6) is 17.2 Å². The molecule has 8 nitrogen and oxygen atoms in total. The Morgan fingerprint density at radius 3 is 2.16 bits per heavy atom. The van der Waals surface area contributed by atoms with Crippen molar-refractivity contribution in [2.24, 2.45) is 0 Å². The van der Waals surface area contributed by atoms with E-state index in [1.54, 1.807) is 32.0 Å². The summed E-state index contributed by atoms with van der Waals surface area (Å²) in [6, 6.07) is 6.52. The number of aryl methyl sites for hydroxylation is 2. The lowest BCUT2D eigenvalue weighted by molar-refractivity contribution is -0.376. The number of carbonyl (C=O) groups is 1. The first-order chi connectivity index (χ1) is 23.1. The van der Waals surface area contributed by atoms with Gasteiger partial charge in [-0.2, -0.15) is 26.3 Å². The molecule has 1 atom stereocenters. The standard InChI is InChI=1S/C35H46F6N2O6/c1-4-6-7-8-9-10-14-25-20-27(33(45,34(36,37)38)35(39,40)41)19-24(13-5-2)30(25)46-18-12-11-17-43-22-49-32(3,42-31(43)44)26-15-16-28-29(21-26)48-23-47-28/h15-16,19-21,45H,4-14,17-18,22-23H2,1-3H3,(H,42,44). The zero-order chi connectivity index (χ0) is 35.9. The zero-order valence-electron chi connectivity index (χ0n) is 28.2. The molecule has 2 aliphatic heterocycles. The molecule has 274 valence electrons. The number of halogens is 6. The van der Waals surface area contributed by atoms with Crippen LogP contribution in [0.1, 0.15) is 101 Å². The highest BCUT2D eigenvalue weighted by Crippen LogP contribution is 2.51. The summed E-state index contributed by atoms with van der Waals surface area (Å²) in [5.74, 6) is 1.42. The lowest BCUT2D eigenvalue weighted by Gasteiger charge is -2.40. The Kier molecular flexibility index (Phi) is 12.6. The number of benzene rings is 2. The van der Waals surface area contributed by atoms with Crippen molar-refractivity contribution in [3.05, 3.63) is 52.6 Å². The molecule has 49 heavy (non-hydrogen) atoms. The van der Waals surface area contributed by atoms with E-state index in [4.69, 9.17) is 18.9 Å². The molecule has 2 aromatic carbocycles. The lowest BCUT2D eigenvalue weighted by Crippen LogP contribution is -2.58. The van der Waals surface area contributed by atoms with E-state index in [0.717, 1.165) is 44.2 Å². The van der Waals surface area contributed by atoms with Gasteiger partial charge in [0.25, 0.3) is 5.60 Å². The van der Waals surface area contributed by atoms with Gasteiger partial charge < -0.3 is 34.3 Å². The summed E-state index contributed by atoms with van der Waals surface area (Å²) >= 11 is 0. The van der Waals surface area contributed by atoms with E-state index in [-0.39, 0.29) is 55.9 Å². The third-order valence-electron chi connectivity index (χ3n) is 8.93. The van der Waals surface area contributed by atoms with Gasteiger partial charge in [0.1, 0.15) is 12.5 Å². The van der Waals surface area contributed by atoms with Crippen LogP contribution >= 0.6 is 0 Å². The average Bonchev–Trinajstić information content (AvgIpc) is 3.51. The van der Waals surface area contributed by atoms with Crippen LogP contribution in [0.4, 0.5) is 31.1 Å². The molecule has 2 aliphatic rings. The predicted molar refractivity (Wildman–Crippen MR) is 169 cm³/mol. The highest BCUT2D eigenvalue weighted by molar-refractivity contribution is 5.75. The van der Waals surface area contributed by atoms with Gasteiger partial charge in [0.05, 0.1) is 6.61 Å². The fraction of sp³-hybridized carbons (Fsp3) is 0.629. The van der Waals surface area contributed by atoms with Gasteiger partial charge in [0.15, 0.2) is 17.2 Å². The van der Waals surface area contributed by atoms with Gasteiger partial charge in [-0.15, -0.1) is 0 Å². The quantitative estimate of drug-likeness (QED) is 0.127. The van der Waals surface area contributed by atoms with Crippen LogP contribution < -0.4 is 19.5 Å². The molecule has 2 aromatic rings. The molecule has 1 fully saturated rings. The van der Waals surface area contributed by atoms with Crippen LogP contribution in [0.3, 0.4) is 0 Å². The van der Waals surface area contributed by atoms with E-state index in [2.05, 4.69) is 12.2 Å². The molecule has 2 heterocycles. The number of hydrogen-bond donors (Lipinski definition) is 2. The molecule has 1 unspecified atom stereocenters. The summed E-state index contributed by atoms with van der Waals surface area (Å²) in [7, 11) is 0. The summed E-state index contributed by atoms with van der Waals surface area (Å²) in [6.45, 7) is 6.14. The molecular formula is C35H46F6N2O6. The van der Waals surface area contributed by atoms with Crippen molar-refractivity contribution in [3.63, 3.8) is 0 Å². The Balaban J connectivity index is 1.42. The van der Waals surface area contributed by atoms with Crippen LogP contribution in [-0.2, 0) is 28.9 Å². The highest BCUT2D eigenvalue weighted by Gasteiger charge is 2.71. The Morgan fingerprint density at radius 1 is 0.857 bits per heavy atom. The van der Waals surface area contributed by atoms with Crippen molar-refractivity contribution in [1.82, 2.24) is 10.2 Å². The fourth-order valence-corrected chi connectivity index (χ4v) is 6.05. The molecule has 0 aliphatic carbocycles. The number of rotatable bonds is 17. The van der Waals surface area contributed by atoms with Crippen LogP contribution in [-0.4, -0.2) is 55.1 Å². The molecule has 2 amide bonds. The maximum absolute atomic E-state index is 13.9. The number of aliphatic hydroxyl groups is 1. The molecule has 1 saturated heterocycles. The molecule has 2 N–H and O–H groups in total. The molecule has 0 radical (unpaired) electrons. The van der Waals surface area contributed by atoms with Crippen molar-refractivity contribution in [3.8, 4) is 17.2 Å².